The van der Waals surface area contributed by atoms with Gasteiger partial charge in [0, 0.05) is 13.0 Å². The van der Waals surface area contributed by atoms with Crippen LogP contribution in [0.1, 0.15) is 18.3 Å². The van der Waals surface area contributed by atoms with Crippen LogP contribution in [0.2, 0.25) is 0 Å². The Bertz CT molecular complexity index is 886. The minimum Gasteiger partial charge on any atom is -0.467 e. The first-order valence-corrected chi connectivity index (χ1v) is 7.57. The number of nitrogens with one attached hydrogen (secondary N) is 1. The molecular weight excluding hydrogens is 310 g/mol. The summed E-state index contributed by atoms with van der Waals surface area (Å²) in [6.07, 6.45) is 2.12. The van der Waals surface area contributed by atoms with Crippen molar-refractivity contribution >= 4 is 16.8 Å². The predicted octanol–water partition coefficient (Wildman–Crippen LogP) is 1.23. The average Bonchev–Trinajstić information content (AvgIpc) is 3.14. The molecule has 24 heavy (non-hydrogen) atoms. The number of aromatic nitrogens is 2. The third-order valence-electron chi connectivity index (χ3n) is 3.68. The van der Waals surface area contributed by atoms with Crippen LogP contribution in [0, 0.1) is 0 Å². The van der Waals surface area contributed by atoms with Crippen LogP contribution in [-0.2, 0) is 11.3 Å². The molecule has 7 nitrogen and oxygen atoms in total. The molecule has 0 aliphatic heterocycles. The first-order chi connectivity index (χ1) is 11.6. The Kier molecular flexibility index (Phi) is 4.72. The van der Waals surface area contributed by atoms with Crippen molar-refractivity contribution in [3.63, 3.8) is 0 Å². The minimum absolute atomic E-state index is 0.0528. The molecule has 1 aromatic carbocycles. The summed E-state index contributed by atoms with van der Waals surface area (Å²) in [7, 11) is 0. The molecule has 1 unspecified atom stereocenters. The number of carbonyl (C=O) groups excluding carboxylic acids is 1. The van der Waals surface area contributed by atoms with E-state index < -0.39 is 6.10 Å². The maximum Gasteiger partial charge on any atom is 0.261 e. The molecule has 7 heteroatoms. The highest BCUT2D eigenvalue weighted by atomic mass is 16.4. The van der Waals surface area contributed by atoms with Crippen molar-refractivity contribution in [1.29, 1.82) is 0 Å². The summed E-state index contributed by atoms with van der Waals surface area (Å²) in [5.74, 6) is 0.130. The van der Waals surface area contributed by atoms with Crippen molar-refractivity contribution < 1.29 is 14.3 Å². The molecule has 0 bridgehead atoms. The molecule has 2 heterocycles. The largest absolute Gasteiger partial charge is 0.467 e. The minimum atomic E-state index is -0.894. The fraction of sp³-hybridized carbons (Fsp3) is 0.235. The SMILES string of the molecule is O=C(CCn1cnc2ccccc2c1=O)NCC(O)c1ccco1. The number of para-hydroxylation sites is 1. The number of nitrogens with zero attached hydrogens (tertiary/aromatic N) is 2. The third kappa shape index (κ3) is 3.52. The molecule has 3 aromatic rings. The van der Waals surface area contributed by atoms with Gasteiger partial charge in [-0.25, -0.2) is 4.98 Å². The Labute approximate surface area is 137 Å². The van der Waals surface area contributed by atoms with Crippen LogP contribution in [0.5, 0.6) is 0 Å². The van der Waals surface area contributed by atoms with Crippen molar-refractivity contribution in [3.05, 3.63) is 65.1 Å². The van der Waals surface area contributed by atoms with Gasteiger partial charge in [-0.15, -0.1) is 0 Å². The van der Waals surface area contributed by atoms with E-state index >= 15 is 0 Å². The Hall–Kier alpha value is -2.93. The van der Waals surface area contributed by atoms with Crippen LogP contribution in [0.15, 0.2) is 58.2 Å². The molecule has 0 radical (unpaired) electrons. The molecule has 0 spiro atoms. The van der Waals surface area contributed by atoms with E-state index in [1.165, 1.54) is 17.2 Å². The van der Waals surface area contributed by atoms with E-state index in [4.69, 9.17) is 4.42 Å². The third-order valence-corrected chi connectivity index (χ3v) is 3.68. The van der Waals surface area contributed by atoms with E-state index in [2.05, 4.69) is 10.3 Å². The number of rotatable bonds is 6. The standard InChI is InChI=1S/C17H17N3O4/c21-14(15-6-3-9-24-15)10-18-16(22)7-8-20-11-19-13-5-2-1-4-12(13)17(20)23/h1-6,9,11,14,21H,7-8,10H2,(H,18,22). The highest BCUT2D eigenvalue weighted by Crippen LogP contribution is 2.11. The first kappa shape index (κ1) is 15.9. The molecule has 0 aliphatic rings. The number of hydrogen-bond acceptors (Lipinski definition) is 5. The lowest BCUT2D eigenvalue weighted by Gasteiger charge is -2.10. The summed E-state index contributed by atoms with van der Waals surface area (Å²) in [5.41, 5.74) is 0.453. The number of benzene rings is 1. The summed E-state index contributed by atoms with van der Waals surface area (Å²) in [4.78, 5) is 28.4. The first-order valence-electron chi connectivity index (χ1n) is 7.57. The van der Waals surface area contributed by atoms with E-state index in [1.807, 2.05) is 6.07 Å². The molecule has 1 amide bonds. The molecular formula is C17H17N3O4. The van der Waals surface area contributed by atoms with Crippen LogP contribution in [-0.4, -0.2) is 27.1 Å². The van der Waals surface area contributed by atoms with Crippen LogP contribution >= 0.6 is 0 Å². The molecule has 0 saturated carbocycles. The summed E-state index contributed by atoms with van der Waals surface area (Å²) >= 11 is 0. The predicted molar refractivity (Wildman–Crippen MR) is 87.3 cm³/mol. The van der Waals surface area contributed by atoms with E-state index in [9.17, 15) is 14.7 Å². The molecule has 0 saturated heterocycles. The summed E-state index contributed by atoms with van der Waals surface area (Å²) in [6, 6.07) is 10.4. The topological polar surface area (TPSA) is 97.4 Å². The number of carbonyl (C=O) groups is 1. The second kappa shape index (κ2) is 7.10. The number of hydrogen-bond donors (Lipinski definition) is 2. The van der Waals surface area contributed by atoms with Crippen molar-refractivity contribution in [3.8, 4) is 0 Å². The van der Waals surface area contributed by atoms with E-state index in [-0.39, 0.29) is 31.0 Å². The van der Waals surface area contributed by atoms with Gasteiger partial charge in [-0.1, -0.05) is 12.1 Å². The zero-order chi connectivity index (χ0) is 16.9. The van der Waals surface area contributed by atoms with Crippen LogP contribution in [0.3, 0.4) is 0 Å². The molecule has 1 atom stereocenters. The Morgan fingerprint density at radius 2 is 2.12 bits per heavy atom. The number of furan rings is 1. The Balaban J connectivity index is 1.56. The van der Waals surface area contributed by atoms with Gasteiger partial charge in [-0.05, 0) is 24.3 Å². The Morgan fingerprint density at radius 3 is 2.92 bits per heavy atom. The van der Waals surface area contributed by atoms with Gasteiger partial charge in [0.05, 0.1) is 30.0 Å². The summed E-state index contributed by atoms with van der Waals surface area (Å²) in [5, 5.41) is 13.0. The van der Waals surface area contributed by atoms with Gasteiger partial charge in [0.15, 0.2) is 0 Å². The number of fused-ring (bicyclic) bond motifs is 1. The lowest BCUT2D eigenvalue weighted by atomic mass is 10.2. The van der Waals surface area contributed by atoms with Gasteiger partial charge < -0.3 is 14.8 Å². The smallest absolute Gasteiger partial charge is 0.261 e. The van der Waals surface area contributed by atoms with E-state index in [0.717, 1.165) is 0 Å². The van der Waals surface area contributed by atoms with Gasteiger partial charge in [0.1, 0.15) is 11.9 Å². The fourth-order valence-electron chi connectivity index (χ4n) is 2.37. The number of aryl methyl sites for hydroxylation is 1. The van der Waals surface area contributed by atoms with E-state index in [0.29, 0.717) is 16.7 Å². The maximum absolute atomic E-state index is 12.3. The monoisotopic (exact) mass is 327 g/mol. The molecule has 124 valence electrons. The highest BCUT2D eigenvalue weighted by Gasteiger charge is 2.12. The molecule has 0 fully saturated rings. The van der Waals surface area contributed by atoms with E-state index in [1.54, 1.807) is 30.3 Å². The second-order valence-corrected chi connectivity index (χ2v) is 5.35. The number of amides is 1. The number of aliphatic hydroxyl groups is 1. The van der Waals surface area contributed by atoms with Gasteiger partial charge in [0.25, 0.3) is 5.56 Å². The summed E-state index contributed by atoms with van der Waals surface area (Å²) in [6.45, 7) is 0.274. The fourth-order valence-corrected chi connectivity index (χ4v) is 2.37. The zero-order valence-corrected chi connectivity index (χ0v) is 12.9. The average molecular weight is 327 g/mol. The molecule has 3 rings (SSSR count). The Morgan fingerprint density at radius 1 is 1.29 bits per heavy atom. The normalized spacial score (nSPS) is 12.2. The van der Waals surface area contributed by atoms with Gasteiger partial charge >= 0.3 is 0 Å². The van der Waals surface area contributed by atoms with Crippen molar-refractivity contribution in [2.45, 2.75) is 19.1 Å². The highest BCUT2D eigenvalue weighted by molar-refractivity contribution is 5.77. The quantitative estimate of drug-likeness (QED) is 0.710. The van der Waals surface area contributed by atoms with Crippen LogP contribution in [0.4, 0.5) is 0 Å². The van der Waals surface area contributed by atoms with Gasteiger partial charge in [0.2, 0.25) is 5.91 Å². The molecule has 2 N–H and O–H groups in total. The maximum atomic E-state index is 12.3. The zero-order valence-electron chi connectivity index (χ0n) is 12.9. The van der Waals surface area contributed by atoms with Gasteiger partial charge in [-0.2, -0.15) is 0 Å². The van der Waals surface area contributed by atoms with Gasteiger partial charge in [-0.3, -0.25) is 14.2 Å². The molecule has 0 aliphatic carbocycles. The lowest BCUT2D eigenvalue weighted by molar-refractivity contribution is -0.121. The summed E-state index contributed by atoms with van der Waals surface area (Å²) < 4.78 is 6.47. The number of aliphatic hydroxyl groups excluding tert-OH is 1. The van der Waals surface area contributed by atoms with Crippen LogP contribution in [0.25, 0.3) is 10.9 Å². The lowest BCUT2D eigenvalue weighted by Crippen LogP contribution is -2.30. The van der Waals surface area contributed by atoms with Crippen molar-refractivity contribution in [2.75, 3.05) is 6.54 Å². The second-order valence-electron chi connectivity index (χ2n) is 5.35. The van der Waals surface area contributed by atoms with Crippen molar-refractivity contribution in [1.82, 2.24) is 14.9 Å². The van der Waals surface area contributed by atoms with Crippen LogP contribution < -0.4 is 10.9 Å². The van der Waals surface area contributed by atoms with Crippen molar-refractivity contribution in [2.24, 2.45) is 0 Å². The molecule has 2 aromatic heterocycles.